The van der Waals surface area contributed by atoms with Gasteiger partial charge in [0, 0.05) is 31.4 Å². The number of ether oxygens (including phenoxy) is 2. The Hall–Kier alpha value is -1.71. The van der Waals surface area contributed by atoms with E-state index in [9.17, 15) is 4.79 Å². The Morgan fingerprint density at radius 2 is 2.14 bits per heavy atom. The summed E-state index contributed by atoms with van der Waals surface area (Å²) in [7, 11) is 1.63. The Bertz CT molecular complexity index is 661. The number of likely N-dealkylation sites (tertiary alicyclic amines) is 1. The number of nitrogens with one attached hydrogen (secondary N) is 1. The van der Waals surface area contributed by atoms with E-state index in [4.69, 9.17) is 15.2 Å². The number of halogens is 1. The highest BCUT2D eigenvalue weighted by Gasteiger charge is 2.27. The number of nitrogens with two attached hydrogens (primary N) is 1. The van der Waals surface area contributed by atoms with Crippen LogP contribution in [0.25, 0.3) is 0 Å². The fourth-order valence-corrected chi connectivity index (χ4v) is 3.05. The Morgan fingerprint density at radius 3 is 2.82 bits per heavy atom. The molecule has 1 aromatic rings. The molecule has 1 amide bonds. The zero-order valence-corrected chi connectivity index (χ0v) is 19.6. The minimum absolute atomic E-state index is 0. The molecule has 0 radical (unpaired) electrons. The zero-order valence-electron chi connectivity index (χ0n) is 17.2. The summed E-state index contributed by atoms with van der Waals surface area (Å²) in [5.41, 5.74) is 6.34. The highest BCUT2D eigenvalue weighted by Crippen LogP contribution is 2.22. The summed E-state index contributed by atoms with van der Waals surface area (Å²) in [6.45, 7) is 7.76. The molecule has 1 aliphatic heterocycles. The second-order valence-electron chi connectivity index (χ2n) is 7.85. The minimum Gasteiger partial charge on any atom is -0.497 e. The van der Waals surface area contributed by atoms with Gasteiger partial charge >= 0.3 is 6.09 Å². The Morgan fingerprint density at radius 1 is 1.39 bits per heavy atom. The quantitative estimate of drug-likeness (QED) is 0.359. The number of carbonyl (C=O) groups excluding carboxylic acids is 1. The van der Waals surface area contributed by atoms with Gasteiger partial charge in [-0.15, -0.1) is 24.0 Å². The van der Waals surface area contributed by atoms with E-state index in [0.717, 1.165) is 37.2 Å². The van der Waals surface area contributed by atoms with Gasteiger partial charge in [0.1, 0.15) is 11.4 Å². The number of methoxy groups -OCH3 is 1. The van der Waals surface area contributed by atoms with Crippen LogP contribution in [-0.2, 0) is 4.74 Å². The molecular weight excluding hydrogens is 471 g/mol. The molecule has 28 heavy (non-hydrogen) atoms. The fourth-order valence-electron chi connectivity index (χ4n) is 3.05. The van der Waals surface area contributed by atoms with Crippen molar-refractivity contribution < 1.29 is 14.3 Å². The van der Waals surface area contributed by atoms with Crippen molar-refractivity contribution in [3.63, 3.8) is 0 Å². The largest absolute Gasteiger partial charge is 0.497 e. The van der Waals surface area contributed by atoms with Crippen molar-refractivity contribution >= 4 is 41.7 Å². The molecule has 0 aromatic heterocycles. The summed E-state index contributed by atoms with van der Waals surface area (Å²) < 4.78 is 10.7. The number of piperidine rings is 1. The first-order valence-corrected chi connectivity index (χ1v) is 9.46. The van der Waals surface area contributed by atoms with Crippen LogP contribution in [0.15, 0.2) is 29.3 Å². The average molecular weight is 504 g/mol. The van der Waals surface area contributed by atoms with Crippen LogP contribution in [0, 0.1) is 5.92 Å². The highest BCUT2D eigenvalue weighted by atomic mass is 127. The number of hydrogen-bond acceptors (Lipinski definition) is 4. The summed E-state index contributed by atoms with van der Waals surface area (Å²) in [6.07, 6.45) is 2.75. The van der Waals surface area contributed by atoms with Gasteiger partial charge in [0.25, 0.3) is 0 Å². The van der Waals surface area contributed by atoms with E-state index in [1.165, 1.54) is 0 Å². The summed E-state index contributed by atoms with van der Waals surface area (Å²) >= 11 is 0. The van der Waals surface area contributed by atoms with Crippen LogP contribution in [0.4, 0.5) is 10.5 Å². The molecule has 1 atom stereocenters. The highest BCUT2D eigenvalue weighted by molar-refractivity contribution is 14.0. The number of hydrogen-bond donors (Lipinski definition) is 2. The van der Waals surface area contributed by atoms with Gasteiger partial charge in [-0.3, -0.25) is 4.99 Å². The molecule has 1 heterocycles. The molecule has 1 aliphatic rings. The fraction of sp³-hybridized carbons (Fsp3) is 0.600. The van der Waals surface area contributed by atoms with Gasteiger partial charge in [-0.1, -0.05) is 6.07 Å². The number of anilines is 1. The second kappa shape index (κ2) is 11.3. The molecule has 0 aliphatic carbocycles. The predicted molar refractivity (Wildman–Crippen MR) is 124 cm³/mol. The Labute approximate surface area is 185 Å². The maximum atomic E-state index is 12.2. The lowest BCUT2D eigenvalue weighted by atomic mass is 9.95. The molecule has 1 saturated heterocycles. The third-order valence-corrected chi connectivity index (χ3v) is 4.33. The number of carbonyl (C=O) groups is 1. The number of rotatable bonds is 5. The molecule has 7 nitrogen and oxygen atoms in total. The van der Waals surface area contributed by atoms with Crippen LogP contribution in [-0.4, -0.2) is 49.3 Å². The molecule has 1 aromatic carbocycles. The monoisotopic (exact) mass is 504 g/mol. The van der Waals surface area contributed by atoms with Crippen LogP contribution in [0.5, 0.6) is 5.75 Å². The SMILES string of the molecule is COc1cccc(NC(N)=NCCC2CCCN(C(=O)OC(C)(C)C)C2)c1.I. The molecule has 8 heteroatoms. The van der Waals surface area contributed by atoms with Gasteiger partial charge in [0.2, 0.25) is 0 Å². The van der Waals surface area contributed by atoms with Gasteiger partial charge < -0.3 is 25.4 Å². The molecule has 3 N–H and O–H groups in total. The number of amides is 1. The van der Waals surface area contributed by atoms with Crippen molar-refractivity contribution in [1.82, 2.24) is 4.90 Å². The van der Waals surface area contributed by atoms with Crippen LogP contribution in [0.1, 0.15) is 40.0 Å². The third-order valence-electron chi connectivity index (χ3n) is 4.33. The standard InChI is InChI=1S/C20H32N4O3.HI/c1-20(2,3)27-19(25)24-12-6-7-15(14-24)10-11-22-18(21)23-16-8-5-9-17(13-16)26-4;/h5,8-9,13,15H,6-7,10-12,14H2,1-4H3,(H3,21,22,23);1H. The predicted octanol–water partition coefficient (Wildman–Crippen LogP) is 4.08. The molecular formula is C20H33IN4O3. The summed E-state index contributed by atoms with van der Waals surface area (Å²) in [5.74, 6) is 1.56. The summed E-state index contributed by atoms with van der Waals surface area (Å²) in [5, 5.41) is 3.07. The first-order chi connectivity index (χ1) is 12.8. The van der Waals surface area contributed by atoms with E-state index >= 15 is 0 Å². The smallest absolute Gasteiger partial charge is 0.410 e. The van der Waals surface area contributed by atoms with Crippen molar-refractivity contribution in [2.45, 2.75) is 45.6 Å². The van der Waals surface area contributed by atoms with E-state index in [1.807, 2.05) is 45.0 Å². The van der Waals surface area contributed by atoms with Crippen LogP contribution in [0.2, 0.25) is 0 Å². The van der Waals surface area contributed by atoms with E-state index in [0.29, 0.717) is 25.0 Å². The number of aliphatic imine (C=N–C) groups is 1. The van der Waals surface area contributed by atoms with Crippen molar-refractivity contribution in [2.75, 3.05) is 32.1 Å². The molecule has 1 fully saturated rings. The average Bonchev–Trinajstić information content (AvgIpc) is 2.60. The zero-order chi connectivity index (χ0) is 19.9. The number of benzene rings is 1. The first kappa shape index (κ1) is 24.3. The van der Waals surface area contributed by atoms with E-state index in [2.05, 4.69) is 10.3 Å². The van der Waals surface area contributed by atoms with Crippen molar-refractivity contribution in [1.29, 1.82) is 0 Å². The first-order valence-electron chi connectivity index (χ1n) is 9.46. The molecule has 0 saturated carbocycles. The van der Waals surface area contributed by atoms with Crippen LogP contribution in [0.3, 0.4) is 0 Å². The van der Waals surface area contributed by atoms with Crippen molar-refractivity contribution in [3.05, 3.63) is 24.3 Å². The third kappa shape index (κ3) is 8.53. The van der Waals surface area contributed by atoms with Crippen LogP contribution >= 0.6 is 24.0 Å². The maximum absolute atomic E-state index is 12.2. The normalized spacial score (nSPS) is 17.5. The molecule has 1 unspecified atom stereocenters. The molecule has 0 bridgehead atoms. The van der Waals surface area contributed by atoms with Crippen LogP contribution < -0.4 is 15.8 Å². The van der Waals surface area contributed by atoms with Gasteiger partial charge in [0.15, 0.2) is 5.96 Å². The topological polar surface area (TPSA) is 89.2 Å². The Balaban J connectivity index is 0.00000392. The van der Waals surface area contributed by atoms with Gasteiger partial charge in [-0.25, -0.2) is 4.79 Å². The summed E-state index contributed by atoms with van der Waals surface area (Å²) in [6, 6.07) is 7.53. The van der Waals surface area contributed by atoms with Gasteiger partial charge in [-0.2, -0.15) is 0 Å². The minimum atomic E-state index is -0.464. The van der Waals surface area contributed by atoms with Crippen molar-refractivity contribution in [3.8, 4) is 5.75 Å². The van der Waals surface area contributed by atoms with E-state index < -0.39 is 5.60 Å². The summed E-state index contributed by atoms with van der Waals surface area (Å²) in [4.78, 5) is 18.4. The van der Waals surface area contributed by atoms with E-state index in [1.54, 1.807) is 12.0 Å². The molecule has 0 spiro atoms. The lowest BCUT2D eigenvalue weighted by Crippen LogP contribution is -2.43. The van der Waals surface area contributed by atoms with Gasteiger partial charge in [0.05, 0.1) is 7.11 Å². The Kier molecular flexibility index (Phi) is 9.84. The number of nitrogens with zero attached hydrogens (tertiary/aromatic N) is 2. The maximum Gasteiger partial charge on any atom is 0.410 e. The number of guanidine groups is 1. The van der Waals surface area contributed by atoms with Crippen molar-refractivity contribution in [2.24, 2.45) is 16.6 Å². The second-order valence-corrected chi connectivity index (χ2v) is 7.85. The van der Waals surface area contributed by atoms with E-state index in [-0.39, 0.29) is 30.1 Å². The van der Waals surface area contributed by atoms with Gasteiger partial charge in [-0.05, 0) is 58.1 Å². The lowest BCUT2D eigenvalue weighted by Gasteiger charge is -2.34. The molecule has 158 valence electrons. The lowest BCUT2D eigenvalue weighted by molar-refractivity contribution is 0.0163. The molecule has 2 rings (SSSR count).